The minimum absolute atomic E-state index is 0.0491. The van der Waals surface area contributed by atoms with Crippen LogP contribution in [0.25, 0.3) is 0 Å². The first kappa shape index (κ1) is 15.8. The Morgan fingerprint density at radius 1 is 1.47 bits per heavy atom. The zero-order valence-electron chi connectivity index (χ0n) is 11.5. The Kier molecular flexibility index (Phi) is 6.62. The average molecular weight is 285 g/mol. The van der Waals surface area contributed by atoms with Gasteiger partial charge in [-0.2, -0.15) is 0 Å². The topological polar surface area (TPSA) is 71.7 Å². The summed E-state index contributed by atoms with van der Waals surface area (Å²) in [5.74, 6) is 5.99. The van der Waals surface area contributed by atoms with Crippen LogP contribution in [-0.4, -0.2) is 25.7 Å². The zero-order valence-corrected chi connectivity index (χ0v) is 12.2. The standard InChI is InChI=1S/C13H21ClN4O/c1-9(8-19-3)16-13(18-15)17-10(2)11-5-4-6-12(14)7-11/h4-7,9-10H,8,15H2,1-3H3,(H2,16,17,18). The molecule has 0 aliphatic carbocycles. The Hall–Kier alpha value is -1.30. The van der Waals surface area contributed by atoms with Gasteiger partial charge in [0, 0.05) is 18.2 Å². The van der Waals surface area contributed by atoms with E-state index in [1.807, 2.05) is 38.1 Å². The maximum Gasteiger partial charge on any atom is 0.206 e. The molecular formula is C13H21ClN4O. The predicted octanol–water partition coefficient (Wildman–Crippen LogP) is 1.84. The molecule has 0 radical (unpaired) electrons. The fourth-order valence-electron chi connectivity index (χ4n) is 1.68. The van der Waals surface area contributed by atoms with Crippen LogP contribution < -0.4 is 16.6 Å². The lowest BCUT2D eigenvalue weighted by Crippen LogP contribution is -2.47. The van der Waals surface area contributed by atoms with E-state index in [0.717, 1.165) is 5.56 Å². The molecule has 0 saturated heterocycles. The largest absolute Gasteiger partial charge is 0.383 e. The number of aliphatic imine (C=N–C) groups is 1. The highest BCUT2D eigenvalue weighted by Gasteiger charge is 2.08. The molecule has 0 fully saturated rings. The van der Waals surface area contributed by atoms with Crippen LogP contribution in [0.15, 0.2) is 29.3 Å². The molecule has 106 valence electrons. The van der Waals surface area contributed by atoms with Crippen LogP contribution in [0.2, 0.25) is 5.02 Å². The molecule has 4 N–H and O–H groups in total. The molecule has 1 aromatic rings. The lowest BCUT2D eigenvalue weighted by atomic mass is 10.1. The van der Waals surface area contributed by atoms with Crippen molar-refractivity contribution in [3.63, 3.8) is 0 Å². The van der Waals surface area contributed by atoms with Crippen LogP contribution in [0.5, 0.6) is 0 Å². The number of guanidine groups is 1. The van der Waals surface area contributed by atoms with E-state index in [0.29, 0.717) is 17.6 Å². The number of nitrogens with two attached hydrogens (primary N) is 1. The molecule has 0 aromatic heterocycles. The van der Waals surface area contributed by atoms with Gasteiger partial charge in [0.05, 0.1) is 12.6 Å². The molecule has 0 heterocycles. The van der Waals surface area contributed by atoms with E-state index in [2.05, 4.69) is 15.7 Å². The summed E-state index contributed by atoms with van der Waals surface area (Å²) in [6.45, 7) is 4.54. The maximum atomic E-state index is 5.96. The number of hydrazine groups is 1. The van der Waals surface area contributed by atoms with Crippen molar-refractivity contribution in [1.29, 1.82) is 0 Å². The first-order valence-electron chi connectivity index (χ1n) is 6.12. The highest BCUT2D eigenvalue weighted by molar-refractivity contribution is 6.30. The molecule has 0 spiro atoms. The number of methoxy groups -OCH3 is 1. The second-order valence-electron chi connectivity index (χ2n) is 4.35. The number of hydrogen-bond acceptors (Lipinski definition) is 3. The van der Waals surface area contributed by atoms with Crippen LogP contribution >= 0.6 is 11.6 Å². The van der Waals surface area contributed by atoms with Gasteiger partial charge in [0.2, 0.25) is 5.96 Å². The highest BCUT2D eigenvalue weighted by atomic mass is 35.5. The highest BCUT2D eigenvalue weighted by Crippen LogP contribution is 2.20. The minimum Gasteiger partial charge on any atom is -0.383 e. The summed E-state index contributed by atoms with van der Waals surface area (Å²) in [5, 5.41) is 3.84. The van der Waals surface area contributed by atoms with Crippen molar-refractivity contribution in [3.8, 4) is 0 Å². The molecule has 6 heteroatoms. The van der Waals surface area contributed by atoms with Crippen LogP contribution in [-0.2, 0) is 4.74 Å². The van der Waals surface area contributed by atoms with E-state index in [1.165, 1.54) is 0 Å². The van der Waals surface area contributed by atoms with E-state index < -0.39 is 0 Å². The van der Waals surface area contributed by atoms with Crippen molar-refractivity contribution in [2.24, 2.45) is 10.8 Å². The van der Waals surface area contributed by atoms with Gasteiger partial charge in [0.15, 0.2) is 0 Å². The lowest BCUT2D eigenvalue weighted by Gasteiger charge is -2.17. The zero-order chi connectivity index (χ0) is 14.3. The lowest BCUT2D eigenvalue weighted by molar-refractivity contribution is 0.179. The number of ether oxygens (including phenoxy) is 1. The van der Waals surface area contributed by atoms with Gasteiger partial charge >= 0.3 is 0 Å². The fraction of sp³-hybridized carbons (Fsp3) is 0.462. The van der Waals surface area contributed by atoms with Gasteiger partial charge in [0.1, 0.15) is 0 Å². The smallest absolute Gasteiger partial charge is 0.206 e. The van der Waals surface area contributed by atoms with Crippen molar-refractivity contribution >= 4 is 17.6 Å². The van der Waals surface area contributed by atoms with Gasteiger partial charge in [-0.3, -0.25) is 5.43 Å². The normalized spacial score (nSPS) is 14.9. The number of nitrogens with zero attached hydrogens (tertiary/aromatic N) is 1. The molecular weight excluding hydrogens is 264 g/mol. The van der Waals surface area contributed by atoms with E-state index in [1.54, 1.807) is 7.11 Å². The third-order valence-corrected chi connectivity index (χ3v) is 2.83. The second-order valence-corrected chi connectivity index (χ2v) is 4.79. The molecule has 0 saturated carbocycles. The van der Waals surface area contributed by atoms with E-state index >= 15 is 0 Å². The first-order valence-corrected chi connectivity index (χ1v) is 6.50. The molecule has 2 unspecified atom stereocenters. The Labute approximate surface area is 119 Å². The maximum absolute atomic E-state index is 5.96. The minimum atomic E-state index is -0.0491. The summed E-state index contributed by atoms with van der Waals surface area (Å²) < 4.78 is 5.05. The van der Waals surface area contributed by atoms with Crippen LogP contribution in [0.3, 0.4) is 0 Å². The molecule has 1 rings (SSSR count). The van der Waals surface area contributed by atoms with Crippen LogP contribution in [0.4, 0.5) is 0 Å². The van der Waals surface area contributed by atoms with E-state index in [9.17, 15) is 0 Å². The summed E-state index contributed by atoms with van der Waals surface area (Å²) in [5.41, 5.74) is 3.59. The summed E-state index contributed by atoms with van der Waals surface area (Å²) in [7, 11) is 1.65. The molecule has 2 atom stereocenters. The number of hydrogen-bond donors (Lipinski definition) is 3. The summed E-state index contributed by atoms with van der Waals surface area (Å²) >= 11 is 5.96. The molecule has 1 aromatic carbocycles. The number of halogens is 1. The molecule has 0 aliphatic heterocycles. The van der Waals surface area contributed by atoms with Gasteiger partial charge in [-0.1, -0.05) is 23.7 Å². The molecule has 0 aliphatic rings. The Bertz CT molecular complexity index is 425. The number of nitrogens with one attached hydrogen (secondary N) is 2. The van der Waals surface area contributed by atoms with Gasteiger partial charge in [-0.15, -0.1) is 0 Å². The van der Waals surface area contributed by atoms with Gasteiger partial charge in [0.25, 0.3) is 0 Å². The van der Waals surface area contributed by atoms with E-state index in [-0.39, 0.29) is 12.1 Å². The van der Waals surface area contributed by atoms with Crippen molar-refractivity contribution < 1.29 is 4.74 Å². The molecule has 19 heavy (non-hydrogen) atoms. The predicted molar refractivity (Wildman–Crippen MR) is 79.1 cm³/mol. The van der Waals surface area contributed by atoms with Crippen LogP contribution in [0.1, 0.15) is 25.5 Å². The Morgan fingerprint density at radius 3 is 2.79 bits per heavy atom. The van der Waals surface area contributed by atoms with Gasteiger partial charge < -0.3 is 10.1 Å². The van der Waals surface area contributed by atoms with Gasteiger partial charge in [-0.25, -0.2) is 10.8 Å². The molecule has 5 nitrogen and oxygen atoms in total. The molecule has 0 bridgehead atoms. The van der Waals surface area contributed by atoms with Crippen LogP contribution in [0, 0.1) is 0 Å². The summed E-state index contributed by atoms with van der Waals surface area (Å²) in [4.78, 5) is 4.48. The van der Waals surface area contributed by atoms with Crippen molar-refractivity contribution in [2.75, 3.05) is 13.7 Å². The average Bonchev–Trinajstić information content (AvgIpc) is 2.38. The number of benzene rings is 1. The quantitative estimate of drug-likeness (QED) is 0.334. The van der Waals surface area contributed by atoms with Gasteiger partial charge in [-0.05, 0) is 31.5 Å². The third-order valence-electron chi connectivity index (χ3n) is 2.59. The Morgan fingerprint density at radius 2 is 2.21 bits per heavy atom. The number of rotatable bonds is 5. The summed E-state index contributed by atoms with van der Waals surface area (Å²) in [6, 6.07) is 7.68. The third kappa shape index (κ3) is 5.46. The SMILES string of the molecule is COCC(C)NC(=NC(C)c1cccc(Cl)c1)NN. The van der Waals surface area contributed by atoms with Crippen molar-refractivity contribution in [3.05, 3.63) is 34.9 Å². The Balaban J connectivity index is 2.74. The van der Waals surface area contributed by atoms with Crippen molar-refractivity contribution in [2.45, 2.75) is 25.9 Å². The van der Waals surface area contributed by atoms with Crippen molar-refractivity contribution in [1.82, 2.24) is 10.7 Å². The summed E-state index contributed by atoms with van der Waals surface area (Å²) in [6.07, 6.45) is 0. The monoisotopic (exact) mass is 284 g/mol. The van der Waals surface area contributed by atoms with E-state index in [4.69, 9.17) is 22.2 Å². The first-order chi connectivity index (χ1) is 9.06. The molecule has 0 amide bonds. The fourth-order valence-corrected chi connectivity index (χ4v) is 1.87. The second kappa shape index (κ2) is 7.99.